The van der Waals surface area contributed by atoms with Crippen LogP contribution in [0.1, 0.15) is 28.9 Å². The molecule has 1 N–H and O–H groups in total. The summed E-state index contributed by atoms with van der Waals surface area (Å²) in [5.74, 6) is -1.44. The second-order valence-electron chi connectivity index (χ2n) is 4.60. The maximum absolute atomic E-state index is 13.7. The van der Waals surface area contributed by atoms with Crippen molar-refractivity contribution in [2.45, 2.75) is 13.0 Å². The SMILES string of the molecule is COC(=O)c1cccc(NC(C)c2cc(F)ccc2F)c1. The molecular weight excluding hydrogens is 276 g/mol. The van der Waals surface area contributed by atoms with Crippen LogP contribution in [0.2, 0.25) is 0 Å². The number of anilines is 1. The van der Waals surface area contributed by atoms with E-state index in [9.17, 15) is 13.6 Å². The van der Waals surface area contributed by atoms with E-state index in [0.717, 1.165) is 18.2 Å². The zero-order valence-electron chi connectivity index (χ0n) is 11.7. The highest BCUT2D eigenvalue weighted by molar-refractivity contribution is 5.90. The van der Waals surface area contributed by atoms with E-state index in [1.54, 1.807) is 31.2 Å². The molecule has 0 amide bonds. The van der Waals surface area contributed by atoms with E-state index in [2.05, 4.69) is 10.1 Å². The zero-order chi connectivity index (χ0) is 15.4. The smallest absolute Gasteiger partial charge is 0.337 e. The minimum absolute atomic E-state index is 0.221. The first kappa shape index (κ1) is 15.0. The lowest BCUT2D eigenvalue weighted by atomic mass is 10.1. The van der Waals surface area contributed by atoms with Gasteiger partial charge in [0.25, 0.3) is 0 Å². The topological polar surface area (TPSA) is 38.3 Å². The quantitative estimate of drug-likeness (QED) is 0.868. The molecule has 3 nitrogen and oxygen atoms in total. The van der Waals surface area contributed by atoms with Crippen LogP contribution in [0.25, 0.3) is 0 Å². The monoisotopic (exact) mass is 291 g/mol. The summed E-state index contributed by atoms with van der Waals surface area (Å²) in [6, 6.07) is 9.50. The Labute approximate surface area is 121 Å². The number of rotatable bonds is 4. The predicted octanol–water partition coefficient (Wildman–Crippen LogP) is 3.92. The molecule has 0 saturated carbocycles. The van der Waals surface area contributed by atoms with Crippen LogP contribution in [0.4, 0.5) is 14.5 Å². The molecule has 1 unspecified atom stereocenters. The summed E-state index contributed by atoms with van der Waals surface area (Å²) in [6.07, 6.45) is 0. The molecule has 0 saturated heterocycles. The maximum atomic E-state index is 13.7. The number of carbonyl (C=O) groups is 1. The number of esters is 1. The average Bonchev–Trinajstić information content (AvgIpc) is 2.49. The van der Waals surface area contributed by atoms with Gasteiger partial charge in [0.05, 0.1) is 18.7 Å². The van der Waals surface area contributed by atoms with Crippen LogP contribution < -0.4 is 5.32 Å². The van der Waals surface area contributed by atoms with Gasteiger partial charge in [-0.05, 0) is 43.3 Å². The number of methoxy groups -OCH3 is 1. The largest absolute Gasteiger partial charge is 0.465 e. The van der Waals surface area contributed by atoms with Crippen molar-refractivity contribution in [2.75, 3.05) is 12.4 Å². The molecule has 2 aromatic rings. The lowest BCUT2D eigenvalue weighted by Crippen LogP contribution is -2.10. The van der Waals surface area contributed by atoms with Crippen LogP contribution in [0.15, 0.2) is 42.5 Å². The van der Waals surface area contributed by atoms with Gasteiger partial charge in [0.15, 0.2) is 0 Å². The van der Waals surface area contributed by atoms with Gasteiger partial charge >= 0.3 is 5.97 Å². The molecule has 2 rings (SSSR count). The number of ether oxygens (including phenoxy) is 1. The standard InChI is InChI=1S/C16H15F2NO2/c1-10(14-9-12(17)6-7-15(14)18)19-13-5-3-4-11(8-13)16(20)21-2/h3-10,19H,1-2H3. The van der Waals surface area contributed by atoms with Gasteiger partial charge < -0.3 is 10.1 Å². The summed E-state index contributed by atoms with van der Waals surface area (Å²) in [5.41, 5.74) is 1.22. The normalized spacial score (nSPS) is 11.8. The Bertz CT molecular complexity index is 658. The van der Waals surface area contributed by atoms with Crippen LogP contribution in [-0.2, 0) is 4.74 Å². The summed E-state index contributed by atoms with van der Waals surface area (Å²) >= 11 is 0. The number of carbonyl (C=O) groups excluding carboxylic acids is 1. The third-order valence-electron chi connectivity index (χ3n) is 3.09. The van der Waals surface area contributed by atoms with E-state index < -0.39 is 23.6 Å². The van der Waals surface area contributed by atoms with Gasteiger partial charge in [0.1, 0.15) is 11.6 Å². The van der Waals surface area contributed by atoms with Crippen molar-refractivity contribution in [1.29, 1.82) is 0 Å². The second-order valence-corrected chi connectivity index (χ2v) is 4.60. The molecule has 0 radical (unpaired) electrons. The zero-order valence-corrected chi connectivity index (χ0v) is 11.7. The fourth-order valence-corrected chi connectivity index (χ4v) is 2.03. The molecule has 0 aliphatic carbocycles. The molecule has 21 heavy (non-hydrogen) atoms. The van der Waals surface area contributed by atoms with Gasteiger partial charge in [-0.1, -0.05) is 6.07 Å². The minimum Gasteiger partial charge on any atom is -0.465 e. The van der Waals surface area contributed by atoms with Gasteiger partial charge in [-0.15, -0.1) is 0 Å². The number of hydrogen-bond acceptors (Lipinski definition) is 3. The number of halogens is 2. The van der Waals surface area contributed by atoms with Crippen LogP contribution in [0.3, 0.4) is 0 Å². The molecule has 0 bridgehead atoms. The molecule has 0 spiro atoms. The van der Waals surface area contributed by atoms with Crippen molar-refractivity contribution in [3.8, 4) is 0 Å². The molecule has 0 aliphatic heterocycles. The number of benzene rings is 2. The lowest BCUT2D eigenvalue weighted by Gasteiger charge is -2.17. The molecular formula is C16H15F2NO2. The van der Waals surface area contributed by atoms with Crippen molar-refractivity contribution in [3.63, 3.8) is 0 Å². The van der Waals surface area contributed by atoms with E-state index >= 15 is 0 Å². The lowest BCUT2D eigenvalue weighted by molar-refractivity contribution is 0.0601. The van der Waals surface area contributed by atoms with Gasteiger partial charge in [0.2, 0.25) is 0 Å². The predicted molar refractivity (Wildman–Crippen MR) is 76.2 cm³/mol. The fraction of sp³-hybridized carbons (Fsp3) is 0.188. The highest BCUT2D eigenvalue weighted by Crippen LogP contribution is 2.23. The molecule has 2 aromatic carbocycles. The van der Waals surface area contributed by atoms with Crippen LogP contribution in [-0.4, -0.2) is 13.1 Å². The van der Waals surface area contributed by atoms with E-state index in [0.29, 0.717) is 11.3 Å². The van der Waals surface area contributed by atoms with Gasteiger partial charge in [-0.25, -0.2) is 13.6 Å². The molecule has 1 atom stereocenters. The van der Waals surface area contributed by atoms with Crippen molar-refractivity contribution >= 4 is 11.7 Å². The fourth-order valence-electron chi connectivity index (χ4n) is 2.03. The maximum Gasteiger partial charge on any atom is 0.337 e. The third-order valence-corrected chi connectivity index (χ3v) is 3.09. The average molecular weight is 291 g/mol. The van der Waals surface area contributed by atoms with Crippen molar-refractivity contribution in [2.24, 2.45) is 0 Å². The summed E-state index contributed by atoms with van der Waals surface area (Å²) in [5, 5.41) is 3.03. The first-order chi connectivity index (χ1) is 10.0. The Morgan fingerprint density at radius 2 is 1.95 bits per heavy atom. The highest BCUT2D eigenvalue weighted by atomic mass is 19.1. The van der Waals surface area contributed by atoms with Crippen molar-refractivity contribution in [3.05, 3.63) is 65.2 Å². The highest BCUT2D eigenvalue weighted by Gasteiger charge is 2.13. The van der Waals surface area contributed by atoms with Crippen LogP contribution in [0.5, 0.6) is 0 Å². The van der Waals surface area contributed by atoms with E-state index in [1.165, 1.54) is 7.11 Å². The van der Waals surface area contributed by atoms with Crippen LogP contribution in [0, 0.1) is 11.6 Å². The van der Waals surface area contributed by atoms with Gasteiger partial charge in [-0.3, -0.25) is 0 Å². The summed E-state index contributed by atoms with van der Waals surface area (Å²) in [7, 11) is 1.30. The minimum atomic E-state index is -0.497. The number of nitrogens with one attached hydrogen (secondary N) is 1. The Hall–Kier alpha value is -2.43. The first-order valence-corrected chi connectivity index (χ1v) is 6.41. The van der Waals surface area contributed by atoms with Gasteiger partial charge in [0, 0.05) is 11.3 Å². The summed E-state index contributed by atoms with van der Waals surface area (Å²) in [4.78, 5) is 11.5. The van der Waals surface area contributed by atoms with Crippen LogP contribution >= 0.6 is 0 Å². The molecule has 5 heteroatoms. The Balaban J connectivity index is 2.21. The molecule has 0 aliphatic rings. The molecule has 110 valence electrons. The Morgan fingerprint density at radius 1 is 1.19 bits per heavy atom. The second kappa shape index (κ2) is 6.35. The summed E-state index contributed by atoms with van der Waals surface area (Å²) in [6.45, 7) is 1.71. The van der Waals surface area contributed by atoms with E-state index in [1.807, 2.05) is 0 Å². The third kappa shape index (κ3) is 3.56. The van der Waals surface area contributed by atoms with Crippen molar-refractivity contribution in [1.82, 2.24) is 0 Å². The Morgan fingerprint density at radius 3 is 2.67 bits per heavy atom. The molecule has 0 fully saturated rings. The van der Waals surface area contributed by atoms with E-state index in [-0.39, 0.29) is 5.56 Å². The van der Waals surface area contributed by atoms with Crippen molar-refractivity contribution < 1.29 is 18.3 Å². The first-order valence-electron chi connectivity index (χ1n) is 6.41. The Kier molecular flexibility index (Phi) is 4.52. The number of hydrogen-bond donors (Lipinski definition) is 1. The van der Waals surface area contributed by atoms with E-state index in [4.69, 9.17) is 0 Å². The molecule has 0 heterocycles. The molecule has 0 aromatic heterocycles. The summed E-state index contributed by atoms with van der Waals surface area (Å²) < 4.78 is 31.5. The van der Waals surface area contributed by atoms with Gasteiger partial charge in [-0.2, -0.15) is 0 Å².